The Hall–Kier alpha value is -0.850. The van der Waals surface area contributed by atoms with Crippen LogP contribution in [-0.4, -0.2) is 72.1 Å². The number of amides is 1. The summed E-state index contributed by atoms with van der Waals surface area (Å²) in [6, 6.07) is 0.602. The molecule has 2 bridgehead atoms. The van der Waals surface area contributed by atoms with E-state index in [0.717, 1.165) is 37.8 Å². The molecule has 2 saturated carbocycles. The van der Waals surface area contributed by atoms with Gasteiger partial charge in [-0.3, -0.25) is 19.4 Å². The summed E-state index contributed by atoms with van der Waals surface area (Å²) in [7, 11) is 1.87. The van der Waals surface area contributed by atoms with E-state index in [9.17, 15) is 9.59 Å². The summed E-state index contributed by atoms with van der Waals surface area (Å²) < 4.78 is 0. The van der Waals surface area contributed by atoms with Crippen LogP contribution in [0.2, 0.25) is 0 Å². The van der Waals surface area contributed by atoms with Gasteiger partial charge >= 0.3 is 5.97 Å². The van der Waals surface area contributed by atoms with Crippen LogP contribution in [0.25, 0.3) is 0 Å². The molecule has 0 aromatic heterocycles. The van der Waals surface area contributed by atoms with Crippen LogP contribution < -0.4 is 5.32 Å². The Labute approximate surface area is 163 Å². The zero-order valence-corrected chi connectivity index (χ0v) is 16.8. The molecule has 6 nitrogen and oxygen atoms in total. The number of fused-ring (bicyclic) bond motifs is 2. The van der Waals surface area contributed by atoms with E-state index in [1.54, 1.807) is 0 Å². The molecule has 1 heterocycles. The first-order valence-corrected chi connectivity index (χ1v) is 9.86. The fraction of sp³-hybridized carbons (Fsp3) is 0.895. The van der Waals surface area contributed by atoms with Crippen LogP contribution in [0.4, 0.5) is 0 Å². The molecule has 150 valence electrons. The highest BCUT2D eigenvalue weighted by molar-refractivity contribution is 5.85. The van der Waals surface area contributed by atoms with Crippen LogP contribution in [-0.2, 0) is 9.59 Å². The number of nitrogens with zero attached hydrogens (tertiary/aromatic N) is 2. The topological polar surface area (TPSA) is 72.9 Å². The number of nitrogens with one attached hydrogen (secondary N) is 1. The highest BCUT2D eigenvalue weighted by Crippen LogP contribution is 2.49. The number of carbonyl (C=O) groups excluding carboxylic acids is 1. The van der Waals surface area contributed by atoms with Gasteiger partial charge in [0.2, 0.25) is 5.91 Å². The molecule has 0 aromatic rings. The van der Waals surface area contributed by atoms with Crippen molar-refractivity contribution >= 4 is 24.3 Å². The minimum Gasteiger partial charge on any atom is -0.480 e. The maximum absolute atomic E-state index is 12.4. The van der Waals surface area contributed by atoms with E-state index < -0.39 is 5.97 Å². The Balaban J connectivity index is 0.00000243. The molecule has 3 aliphatic rings. The molecule has 2 aliphatic carbocycles. The van der Waals surface area contributed by atoms with Crippen LogP contribution >= 0.6 is 12.4 Å². The van der Waals surface area contributed by atoms with E-state index in [0.29, 0.717) is 24.5 Å². The molecular formula is C19H34ClN3O3. The lowest BCUT2D eigenvalue weighted by atomic mass is 9.84. The van der Waals surface area contributed by atoms with Gasteiger partial charge in [-0.15, -0.1) is 12.4 Å². The fourth-order valence-electron chi connectivity index (χ4n) is 5.38. The van der Waals surface area contributed by atoms with Crippen LogP contribution in [0.15, 0.2) is 0 Å². The van der Waals surface area contributed by atoms with Gasteiger partial charge in [-0.25, -0.2) is 0 Å². The van der Waals surface area contributed by atoms with E-state index in [2.05, 4.69) is 17.1 Å². The fourth-order valence-corrected chi connectivity index (χ4v) is 5.38. The van der Waals surface area contributed by atoms with Gasteiger partial charge < -0.3 is 10.4 Å². The molecular weight excluding hydrogens is 354 g/mol. The second-order valence-corrected chi connectivity index (χ2v) is 8.51. The van der Waals surface area contributed by atoms with Crippen molar-refractivity contribution in [3.8, 4) is 0 Å². The summed E-state index contributed by atoms with van der Waals surface area (Å²) in [5.41, 5.74) is 0. The molecule has 4 atom stereocenters. The molecule has 3 rings (SSSR count). The first-order valence-electron chi connectivity index (χ1n) is 9.86. The average molecular weight is 388 g/mol. The zero-order chi connectivity index (χ0) is 18.0. The molecule has 0 spiro atoms. The maximum atomic E-state index is 12.4. The van der Waals surface area contributed by atoms with Gasteiger partial charge in [-0.05, 0) is 63.8 Å². The maximum Gasteiger partial charge on any atom is 0.317 e. The van der Waals surface area contributed by atoms with Gasteiger partial charge in [-0.1, -0.05) is 6.42 Å². The lowest BCUT2D eigenvalue weighted by molar-refractivity contribution is -0.138. The molecule has 1 amide bonds. The number of likely N-dealkylation sites (N-methyl/N-ethyl adjacent to an activating group) is 1. The smallest absolute Gasteiger partial charge is 0.317 e. The predicted octanol–water partition coefficient (Wildman–Crippen LogP) is 1.83. The molecule has 1 aliphatic heterocycles. The number of carboxylic acids is 1. The van der Waals surface area contributed by atoms with Crippen molar-refractivity contribution in [3.05, 3.63) is 0 Å². The lowest BCUT2D eigenvalue weighted by Gasteiger charge is -2.36. The summed E-state index contributed by atoms with van der Waals surface area (Å²) in [4.78, 5) is 27.3. The Kier molecular flexibility index (Phi) is 7.74. The van der Waals surface area contributed by atoms with Crippen molar-refractivity contribution in [1.82, 2.24) is 15.1 Å². The van der Waals surface area contributed by atoms with E-state index in [1.165, 1.54) is 25.7 Å². The molecule has 2 N–H and O–H groups in total. The molecule has 7 heteroatoms. The Morgan fingerprint density at radius 2 is 1.88 bits per heavy atom. The van der Waals surface area contributed by atoms with Crippen molar-refractivity contribution < 1.29 is 14.7 Å². The lowest BCUT2D eigenvalue weighted by Crippen LogP contribution is -2.49. The van der Waals surface area contributed by atoms with Crippen LogP contribution in [0, 0.1) is 17.8 Å². The number of likely N-dealkylation sites (tertiary alicyclic amines) is 1. The average Bonchev–Trinajstić information content (AvgIpc) is 3.17. The largest absolute Gasteiger partial charge is 0.480 e. The summed E-state index contributed by atoms with van der Waals surface area (Å²) in [6.07, 6.45) is 7.29. The summed E-state index contributed by atoms with van der Waals surface area (Å²) in [6.45, 7) is 4.47. The normalized spacial score (nSPS) is 30.2. The van der Waals surface area contributed by atoms with E-state index >= 15 is 0 Å². The van der Waals surface area contributed by atoms with Gasteiger partial charge in [0.15, 0.2) is 0 Å². The Morgan fingerprint density at radius 3 is 2.42 bits per heavy atom. The molecule has 0 radical (unpaired) electrons. The van der Waals surface area contributed by atoms with Crippen molar-refractivity contribution in [2.75, 3.05) is 33.2 Å². The molecule has 0 aromatic carbocycles. The third-order valence-corrected chi connectivity index (χ3v) is 6.76. The third-order valence-electron chi connectivity index (χ3n) is 6.76. The second-order valence-electron chi connectivity index (χ2n) is 8.51. The standard InChI is InChI=1S/C19H33N3O3.ClH/c1-13(17-10-14-3-4-15(17)9-14)20-18(23)11-22-7-5-16(6-8-22)21(2)12-19(24)25;/h13-17H,3-12H2,1-2H3,(H,20,23)(H,24,25);1H. The van der Waals surface area contributed by atoms with Crippen molar-refractivity contribution in [2.45, 2.75) is 57.5 Å². The first-order chi connectivity index (χ1) is 11.9. The van der Waals surface area contributed by atoms with Crippen LogP contribution in [0.1, 0.15) is 45.4 Å². The molecule has 3 fully saturated rings. The minimum absolute atomic E-state index is 0. The quantitative estimate of drug-likeness (QED) is 0.697. The van der Waals surface area contributed by atoms with Gasteiger partial charge in [0, 0.05) is 25.2 Å². The second kappa shape index (κ2) is 9.38. The van der Waals surface area contributed by atoms with Crippen molar-refractivity contribution in [2.24, 2.45) is 17.8 Å². The Bertz CT molecular complexity index is 496. The SMILES string of the molecule is CC(NC(=O)CN1CCC(N(C)CC(=O)O)CC1)C1CC2CCC1C2.Cl. The zero-order valence-electron chi connectivity index (χ0n) is 16.0. The van der Waals surface area contributed by atoms with Gasteiger partial charge in [0.1, 0.15) is 0 Å². The highest BCUT2D eigenvalue weighted by Gasteiger charge is 2.42. The van der Waals surface area contributed by atoms with Crippen molar-refractivity contribution in [1.29, 1.82) is 0 Å². The number of rotatable bonds is 7. The van der Waals surface area contributed by atoms with E-state index in [-0.39, 0.29) is 24.9 Å². The number of hydrogen-bond donors (Lipinski definition) is 2. The summed E-state index contributed by atoms with van der Waals surface area (Å²) in [5.74, 6) is 1.79. The summed E-state index contributed by atoms with van der Waals surface area (Å²) >= 11 is 0. The number of halogens is 1. The first kappa shape index (κ1) is 21.5. The van der Waals surface area contributed by atoms with Gasteiger partial charge in [0.05, 0.1) is 13.1 Å². The molecule has 26 heavy (non-hydrogen) atoms. The van der Waals surface area contributed by atoms with Gasteiger partial charge in [-0.2, -0.15) is 0 Å². The number of hydrogen-bond acceptors (Lipinski definition) is 4. The van der Waals surface area contributed by atoms with Crippen molar-refractivity contribution in [3.63, 3.8) is 0 Å². The van der Waals surface area contributed by atoms with Crippen LogP contribution in [0.3, 0.4) is 0 Å². The third kappa shape index (κ3) is 5.33. The van der Waals surface area contributed by atoms with E-state index in [4.69, 9.17) is 5.11 Å². The highest BCUT2D eigenvalue weighted by atomic mass is 35.5. The number of carbonyl (C=O) groups is 2. The predicted molar refractivity (Wildman–Crippen MR) is 104 cm³/mol. The summed E-state index contributed by atoms with van der Waals surface area (Å²) in [5, 5.41) is 12.1. The van der Waals surface area contributed by atoms with Gasteiger partial charge in [0.25, 0.3) is 0 Å². The monoisotopic (exact) mass is 387 g/mol. The number of aliphatic carboxylic acids is 1. The Morgan fingerprint density at radius 1 is 1.19 bits per heavy atom. The minimum atomic E-state index is -0.779. The molecule has 4 unspecified atom stereocenters. The number of piperidine rings is 1. The number of carboxylic acid groups (broad SMARTS) is 1. The molecule has 1 saturated heterocycles. The van der Waals surface area contributed by atoms with Crippen LogP contribution in [0.5, 0.6) is 0 Å². The van der Waals surface area contributed by atoms with E-state index in [1.807, 2.05) is 11.9 Å².